The van der Waals surface area contributed by atoms with Gasteiger partial charge in [0, 0.05) is 0 Å². The van der Waals surface area contributed by atoms with Gasteiger partial charge in [-0.25, -0.2) is 42.8 Å². The van der Waals surface area contributed by atoms with E-state index in [1.54, 1.807) is 0 Å². The number of sulfone groups is 2. The number of rotatable bonds is 11. The number of sulfonamides is 2. The zero-order valence-corrected chi connectivity index (χ0v) is 24.6. The van der Waals surface area contributed by atoms with Crippen molar-refractivity contribution in [3.05, 3.63) is 10.3 Å². The highest BCUT2D eigenvalue weighted by molar-refractivity contribution is 8.13. The van der Waals surface area contributed by atoms with E-state index in [1.807, 2.05) is 6.92 Å². The molecule has 0 saturated carbocycles. The van der Waals surface area contributed by atoms with Crippen molar-refractivity contribution in [2.45, 2.75) is 84.2 Å². The van der Waals surface area contributed by atoms with Crippen LogP contribution in [0, 0.1) is 0 Å². The molecule has 1 rings (SSSR count). The molecule has 1 aromatic heterocycles. The highest BCUT2D eigenvalue weighted by atomic mass is 32.3. The highest BCUT2D eigenvalue weighted by Gasteiger charge is 2.58. The molecule has 0 spiro atoms. The molecule has 0 aliphatic carbocycles. The van der Waals surface area contributed by atoms with E-state index in [4.69, 9.17) is 0 Å². The molecule has 256 valence electrons. The van der Waals surface area contributed by atoms with Crippen molar-refractivity contribution in [2.24, 2.45) is 7.05 Å². The van der Waals surface area contributed by atoms with Crippen molar-refractivity contribution in [2.75, 3.05) is 0 Å². The summed E-state index contributed by atoms with van der Waals surface area (Å²) >= 11 is 0. The lowest BCUT2D eigenvalue weighted by atomic mass is 10.1. The molecule has 0 atom stereocenters. The molecule has 1 heterocycles. The molecule has 11 nitrogen and oxygen atoms in total. The molecule has 1 aromatic rings. The average molecular weight is 740 g/mol. The molecular weight excluding hydrogens is 718 g/mol. The summed E-state index contributed by atoms with van der Waals surface area (Å²) in [5, 5.41) is -3.13. The Morgan fingerprint density at radius 2 is 1.00 bits per heavy atom. The predicted octanol–water partition coefficient (Wildman–Crippen LogP) is 4.32. The number of unbranched alkanes of at least 4 members (excludes halogenated alkanes) is 5. The third kappa shape index (κ3) is 10.1. The standard InChI is InChI=1S/C14H21F6N2O4S2.C2F6NO4S2/c1-3-4-5-6-7-8-9-22-10-11(27(23,24)13(15,16)17)21(2)12(22)28(25,26)14(18,19)20;3-1(4,5)14(10,11)9-15(12,13)2(6,7)8/h10H,3-9H2,1-2H3;/q+1;-1. The number of aryl methyl sites for hydroxylation is 1. The first-order chi connectivity index (χ1) is 18.8. The lowest BCUT2D eigenvalue weighted by Gasteiger charge is -2.22. The molecule has 43 heavy (non-hydrogen) atoms. The van der Waals surface area contributed by atoms with E-state index in [0.717, 1.165) is 23.4 Å². The topological polar surface area (TPSA) is 159 Å². The number of hydrogen-bond donors (Lipinski definition) is 0. The van der Waals surface area contributed by atoms with Gasteiger partial charge in [-0.05, 0) is 12.8 Å². The Bertz CT molecular complexity index is 1500. The molecule has 0 aromatic carbocycles. The van der Waals surface area contributed by atoms with Gasteiger partial charge >= 0.3 is 46.9 Å². The Balaban J connectivity index is 0.000000994. The summed E-state index contributed by atoms with van der Waals surface area (Å²) < 4.78 is 234. The first-order valence-corrected chi connectivity index (χ1v) is 16.7. The molecule has 0 N–H and O–H groups in total. The Morgan fingerprint density at radius 1 is 0.628 bits per heavy atom. The zero-order valence-electron chi connectivity index (χ0n) is 21.3. The van der Waals surface area contributed by atoms with Gasteiger partial charge in [-0.3, -0.25) is 0 Å². The second-order valence-corrected chi connectivity index (χ2v) is 15.2. The first-order valence-electron chi connectivity index (χ1n) is 10.9. The van der Waals surface area contributed by atoms with Crippen LogP contribution in [0.1, 0.15) is 45.4 Å². The van der Waals surface area contributed by atoms with Gasteiger partial charge in [0.15, 0.2) is 26.2 Å². The molecule has 0 aliphatic heterocycles. The average Bonchev–Trinajstić information content (AvgIpc) is 3.10. The molecule has 0 bridgehead atoms. The van der Waals surface area contributed by atoms with Gasteiger partial charge in [-0.15, -0.1) is 0 Å². The van der Waals surface area contributed by atoms with E-state index in [1.165, 1.54) is 0 Å². The van der Waals surface area contributed by atoms with Gasteiger partial charge < -0.3 is 4.13 Å². The second-order valence-electron chi connectivity index (χ2n) is 8.08. The normalized spacial score (nSPS) is 14.4. The SMILES string of the molecule is CCCCCCCC[n+]1cc(S(=O)(=O)C(F)(F)F)n(C)c1S(=O)(=O)C(F)(F)F.O=S(=O)([N-]S(=O)(=O)C(F)(F)F)C(F)(F)F. The lowest BCUT2D eigenvalue weighted by molar-refractivity contribution is -0.735. The number of imidazole rings is 1. The van der Waals surface area contributed by atoms with E-state index in [2.05, 4.69) is 0 Å². The number of alkyl halides is 12. The summed E-state index contributed by atoms with van der Waals surface area (Å²) in [6.07, 6.45) is 4.38. The smallest absolute Gasteiger partial charge is 0.421 e. The van der Waals surface area contributed by atoms with Crippen LogP contribution in [0.4, 0.5) is 52.7 Å². The van der Waals surface area contributed by atoms with Gasteiger partial charge in [0.1, 0.15) is 0 Å². The lowest BCUT2D eigenvalue weighted by Crippen LogP contribution is -2.42. The zero-order chi connectivity index (χ0) is 34.7. The van der Waals surface area contributed by atoms with Gasteiger partial charge in [-0.1, -0.05) is 32.6 Å². The van der Waals surface area contributed by atoms with Crippen molar-refractivity contribution >= 4 is 39.7 Å². The molecule has 0 amide bonds. The van der Waals surface area contributed by atoms with Crippen molar-refractivity contribution < 1.29 is 90.9 Å². The Labute approximate surface area is 236 Å². The minimum Gasteiger partial charge on any atom is -0.421 e. The summed E-state index contributed by atoms with van der Waals surface area (Å²) in [5.41, 5.74) is -24.0. The van der Waals surface area contributed by atoms with Crippen molar-refractivity contribution in [1.29, 1.82) is 0 Å². The minimum atomic E-state index is -6.72. The molecular formula is C16H21F12N3O8S4. The summed E-state index contributed by atoms with van der Waals surface area (Å²) in [6, 6.07) is 0. The maximum atomic E-state index is 13.0. The summed E-state index contributed by atoms with van der Waals surface area (Å²) in [7, 11) is -25.0. The van der Waals surface area contributed by atoms with Crippen molar-refractivity contribution in [3.8, 4) is 0 Å². The quantitative estimate of drug-likeness (QED) is 0.184. The number of aromatic nitrogens is 2. The van der Waals surface area contributed by atoms with E-state index < -0.39 is 71.9 Å². The fraction of sp³-hybridized carbons (Fsp3) is 0.812. The van der Waals surface area contributed by atoms with Gasteiger partial charge in [0.05, 0.1) is 13.6 Å². The number of nitrogens with zero attached hydrogens (tertiary/aromatic N) is 3. The fourth-order valence-corrected chi connectivity index (χ4v) is 6.64. The maximum Gasteiger partial charge on any atom is 0.509 e. The van der Waals surface area contributed by atoms with Crippen molar-refractivity contribution in [3.63, 3.8) is 0 Å². The summed E-state index contributed by atoms with van der Waals surface area (Å²) in [4.78, 5) is 0. The molecule has 0 radical (unpaired) electrons. The monoisotopic (exact) mass is 739 g/mol. The molecule has 0 aliphatic rings. The van der Waals surface area contributed by atoms with Crippen LogP contribution in [0.2, 0.25) is 0 Å². The molecule has 0 saturated heterocycles. The van der Waals surface area contributed by atoms with Crippen LogP contribution in [0.5, 0.6) is 0 Å². The predicted molar refractivity (Wildman–Crippen MR) is 119 cm³/mol. The van der Waals surface area contributed by atoms with Crippen LogP contribution in [0.3, 0.4) is 0 Å². The van der Waals surface area contributed by atoms with Gasteiger partial charge in [0.25, 0.3) is 5.03 Å². The van der Waals surface area contributed by atoms with E-state index in [0.29, 0.717) is 24.5 Å². The summed E-state index contributed by atoms with van der Waals surface area (Å²) in [6.45, 7) is 1.59. The molecule has 0 unspecified atom stereocenters. The Kier molecular flexibility index (Phi) is 13.0. The van der Waals surface area contributed by atoms with E-state index >= 15 is 0 Å². The van der Waals surface area contributed by atoms with Gasteiger partial charge in [0.2, 0.25) is 0 Å². The van der Waals surface area contributed by atoms with Crippen molar-refractivity contribution in [1.82, 2.24) is 4.57 Å². The molecule has 0 fully saturated rings. The largest absolute Gasteiger partial charge is 0.509 e. The minimum absolute atomic E-state index is 0.0945. The van der Waals surface area contributed by atoms with E-state index in [9.17, 15) is 86.4 Å². The number of halogens is 12. The Hall–Kier alpha value is -1.87. The van der Waals surface area contributed by atoms with Gasteiger partial charge in [-0.2, -0.15) is 52.7 Å². The van der Waals surface area contributed by atoms with Crippen LogP contribution in [0.15, 0.2) is 16.4 Å². The third-order valence-electron chi connectivity index (χ3n) is 4.79. The Morgan fingerprint density at radius 3 is 1.35 bits per heavy atom. The van der Waals surface area contributed by atoms with E-state index in [-0.39, 0.29) is 23.7 Å². The van der Waals surface area contributed by atoms with Crippen LogP contribution in [-0.2, 0) is 53.3 Å². The molecule has 27 heteroatoms. The second kappa shape index (κ2) is 13.6. The maximum absolute atomic E-state index is 13.0. The van der Waals surface area contributed by atoms with Crippen LogP contribution >= 0.6 is 0 Å². The van der Waals surface area contributed by atoms with Crippen LogP contribution in [-0.4, -0.2) is 60.3 Å². The third-order valence-corrected chi connectivity index (χ3v) is 10.7. The van der Waals surface area contributed by atoms with Crippen LogP contribution < -0.4 is 4.57 Å². The first kappa shape index (κ1) is 41.1. The van der Waals surface area contributed by atoms with Crippen LogP contribution in [0.25, 0.3) is 4.13 Å². The summed E-state index contributed by atoms with van der Waals surface area (Å²) in [5.74, 6) is 0. The highest BCUT2D eigenvalue weighted by Crippen LogP contribution is 2.36. The fourth-order valence-electron chi connectivity index (χ4n) is 2.80. The number of hydrogen-bond acceptors (Lipinski definition) is 8.